The number of piperazine rings is 1. The molecule has 2 saturated heterocycles. The van der Waals surface area contributed by atoms with E-state index in [1.807, 2.05) is 24.3 Å². The van der Waals surface area contributed by atoms with Crippen molar-refractivity contribution in [2.75, 3.05) is 64.1 Å². The lowest BCUT2D eigenvalue weighted by molar-refractivity contribution is 0.0483. The van der Waals surface area contributed by atoms with Gasteiger partial charge in [-0.25, -0.2) is 27.2 Å². The Morgan fingerprint density at radius 2 is 1.75 bits per heavy atom. The summed E-state index contributed by atoms with van der Waals surface area (Å²) >= 11 is 6.27. The number of rotatable bonds is 17. The average molecular weight is 974 g/mol. The topological polar surface area (TPSA) is 137 Å². The van der Waals surface area contributed by atoms with Crippen molar-refractivity contribution in [1.82, 2.24) is 24.4 Å². The lowest BCUT2D eigenvalue weighted by atomic mass is 9.72. The van der Waals surface area contributed by atoms with Crippen molar-refractivity contribution in [3.05, 3.63) is 107 Å². The number of allylic oxidation sites excluding steroid dienone is 1. The van der Waals surface area contributed by atoms with Crippen molar-refractivity contribution in [2.24, 2.45) is 11.3 Å². The Balaban J connectivity index is 1.02. The van der Waals surface area contributed by atoms with Gasteiger partial charge in [-0.2, -0.15) is 5.10 Å². The first kappa shape index (κ1) is 48.6. The highest BCUT2D eigenvalue weighted by atomic mass is 35.5. The van der Waals surface area contributed by atoms with Gasteiger partial charge < -0.3 is 23.8 Å². The molecule has 0 atom stereocenters. The van der Waals surface area contributed by atoms with E-state index in [0.29, 0.717) is 31.0 Å². The van der Waals surface area contributed by atoms with E-state index in [0.717, 1.165) is 99.4 Å². The van der Waals surface area contributed by atoms with Gasteiger partial charge in [-0.05, 0) is 97.0 Å². The van der Waals surface area contributed by atoms with Crippen LogP contribution in [0.4, 0.5) is 10.1 Å². The lowest BCUT2D eigenvalue weighted by Gasteiger charge is -2.39. The number of hydrogen-bond donors (Lipinski definition) is 1. The summed E-state index contributed by atoms with van der Waals surface area (Å²) in [7, 11) is -5.87. The van der Waals surface area contributed by atoms with E-state index in [9.17, 15) is 13.2 Å². The van der Waals surface area contributed by atoms with Crippen molar-refractivity contribution in [2.45, 2.75) is 83.3 Å². The molecule has 0 unspecified atom stereocenters. The molecule has 3 aromatic carbocycles. The van der Waals surface area contributed by atoms with Crippen molar-refractivity contribution < 1.29 is 36.6 Å². The van der Waals surface area contributed by atoms with E-state index < -0.39 is 34.7 Å². The predicted octanol–water partition coefficient (Wildman–Crippen LogP) is 10.0. The second kappa shape index (κ2) is 20.8. The molecule has 358 valence electrons. The Labute approximate surface area is 399 Å². The molecule has 13 nitrogen and oxygen atoms in total. The van der Waals surface area contributed by atoms with Crippen LogP contribution in [0, 0.1) is 17.2 Å². The summed E-state index contributed by atoms with van der Waals surface area (Å²) in [5.41, 5.74) is 5.90. The molecule has 2 aromatic heterocycles. The van der Waals surface area contributed by atoms with Crippen molar-refractivity contribution in [3.63, 3.8) is 0 Å². The third kappa shape index (κ3) is 12.4. The van der Waals surface area contributed by atoms with Crippen molar-refractivity contribution >= 4 is 57.8 Å². The first-order valence-electron chi connectivity index (χ1n) is 23.2. The van der Waals surface area contributed by atoms with Gasteiger partial charge >= 0.3 is 0 Å². The van der Waals surface area contributed by atoms with Crippen LogP contribution in [0.3, 0.4) is 0 Å². The van der Waals surface area contributed by atoms with Gasteiger partial charge in [-0.3, -0.25) is 9.69 Å². The monoisotopic (exact) mass is 972 g/mol. The van der Waals surface area contributed by atoms with Gasteiger partial charge in [0.25, 0.3) is 15.9 Å². The fraction of sp³-hybridized carbons (Fsp3) is 0.460. The molecule has 8 rings (SSSR count). The standard InChI is InChI=1S/C50H62ClFN6O7SSi/c1-50(2)18-15-37(42(29-50)36-9-11-38(51)12-10-36)32-56-19-21-57(22-20-56)39-13-14-41(47(27-39)65-46-8-6-7-45-43(46)31-54-58(45)34-63-25-26-67(3,4)5)48(59)55-66(60,61)40-28-44(52)49(53-30-40)64-33-35-16-23-62-24-17-35/h6-14,27-28,30-31,35H,15-26,29,32-34H2,1-5H3,(H,55,59). The van der Waals surface area contributed by atoms with E-state index in [1.54, 1.807) is 35.1 Å². The van der Waals surface area contributed by atoms with Gasteiger partial charge in [0.1, 0.15) is 23.1 Å². The van der Waals surface area contributed by atoms with E-state index in [2.05, 4.69) is 70.2 Å². The summed E-state index contributed by atoms with van der Waals surface area (Å²) in [5, 5.41) is 6.00. The molecule has 0 spiro atoms. The predicted molar refractivity (Wildman–Crippen MR) is 263 cm³/mol. The third-order valence-corrected chi connectivity index (χ3v) is 16.2. The van der Waals surface area contributed by atoms with Crippen LogP contribution in [0.25, 0.3) is 16.5 Å². The molecule has 67 heavy (non-hydrogen) atoms. The Kier molecular flexibility index (Phi) is 15.1. The SMILES string of the molecule is CC1(C)CCC(CN2CCN(c3ccc(C(=O)NS(=O)(=O)c4cnc(OCC5CCOCC5)c(F)c4)c(Oc4cccc5c4cnn5COCC[Si](C)(C)C)c3)CC2)=C(c2ccc(Cl)cc2)C1. The Morgan fingerprint density at radius 1 is 0.985 bits per heavy atom. The number of anilines is 1. The van der Waals surface area contributed by atoms with Gasteiger partial charge in [0, 0.05) is 83.5 Å². The Hall–Kier alpha value is -4.84. The number of carbonyl (C=O) groups excluding carboxylic acids is 1. The molecule has 1 amide bonds. The van der Waals surface area contributed by atoms with Crippen LogP contribution in [0.5, 0.6) is 17.4 Å². The molecule has 2 aliphatic heterocycles. The number of halogens is 2. The maximum absolute atomic E-state index is 15.2. The fourth-order valence-corrected chi connectivity index (χ4v) is 10.6. The number of carbonyl (C=O) groups is 1. The van der Waals surface area contributed by atoms with Gasteiger partial charge in [-0.15, -0.1) is 0 Å². The molecule has 17 heteroatoms. The van der Waals surface area contributed by atoms with Crippen LogP contribution in [0.15, 0.2) is 89.6 Å². The van der Waals surface area contributed by atoms with Gasteiger partial charge in [0.15, 0.2) is 5.82 Å². The number of aromatic nitrogens is 3. The van der Waals surface area contributed by atoms with E-state index in [1.165, 1.54) is 16.7 Å². The molecule has 0 saturated carbocycles. The average Bonchev–Trinajstić information content (AvgIpc) is 3.72. The van der Waals surface area contributed by atoms with Gasteiger partial charge in [0.2, 0.25) is 5.88 Å². The number of ether oxygens (including phenoxy) is 4. The highest BCUT2D eigenvalue weighted by Crippen LogP contribution is 2.43. The lowest BCUT2D eigenvalue weighted by Crippen LogP contribution is -2.47. The largest absolute Gasteiger partial charge is 0.475 e. The molecule has 3 aliphatic rings. The normalized spacial score (nSPS) is 17.5. The van der Waals surface area contributed by atoms with Gasteiger partial charge in [-0.1, -0.05) is 68.9 Å². The van der Waals surface area contributed by atoms with Crippen LogP contribution in [0.2, 0.25) is 30.7 Å². The maximum Gasteiger partial charge on any atom is 0.268 e. The summed E-state index contributed by atoms with van der Waals surface area (Å²) in [6.07, 6.45) is 7.43. The first-order chi connectivity index (χ1) is 32.0. The molecular weight excluding hydrogens is 911 g/mol. The molecule has 5 aromatic rings. The second-order valence-corrected chi connectivity index (χ2v) is 27.7. The summed E-state index contributed by atoms with van der Waals surface area (Å²) in [6, 6.07) is 20.7. The van der Waals surface area contributed by atoms with Crippen LogP contribution in [-0.4, -0.2) is 101 Å². The molecule has 1 aliphatic carbocycles. The van der Waals surface area contributed by atoms with E-state index in [-0.39, 0.29) is 41.9 Å². The minimum atomic E-state index is -4.58. The number of benzene rings is 3. The maximum atomic E-state index is 15.2. The number of hydrogen-bond acceptors (Lipinski definition) is 11. The van der Waals surface area contributed by atoms with Gasteiger partial charge in [0.05, 0.1) is 35.5 Å². The number of pyridine rings is 1. The Morgan fingerprint density at radius 3 is 2.48 bits per heavy atom. The zero-order chi connectivity index (χ0) is 47.3. The van der Waals surface area contributed by atoms with Crippen molar-refractivity contribution in [1.29, 1.82) is 0 Å². The number of sulfonamides is 1. The van der Waals surface area contributed by atoms with Crippen molar-refractivity contribution in [3.8, 4) is 17.4 Å². The minimum absolute atomic E-state index is 0.0308. The minimum Gasteiger partial charge on any atom is -0.475 e. The number of fused-ring (bicyclic) bond motifs is 1. The molecular formula is C50H62ClFN6O7SSi. The third-order valence-electron chi connectivity index (χ3n) is 12.9. The highest BCUT2D eigenvalue weighted by Gasteiger charge is 2.31. The Bertz CT molecular complexity index is 2700. The fourth-order valence-electron chi connectivity index (χ4n) is 8.80. The zero-order valence-corrected chi connectivity index (χ0v) is 41.7. The molecule has 4 heterocycles. The van der Waals surface area contributed by atoms with Crippen LogP contribution < -0.4 is 19.1 Å². The highest BCUT2D eigenvalue weighted by molar-refractivity contribution is 7.90. The summed E-state index contributed by atoms with van der Waals surface area (Å²) in [4.78, 5) is 22.3. The van der Waals surface area contributed by atoms with Crippen LogP contribution in [-0.2, 0) is 26.2 Å². The number of amides is 1. The summed E-state index contributed by atoms with van der Waals surface area (Å²) in [5.74, 6) is -1.47. The van der Waals surface area contributed by atoms with E-state index >= 15 is 4.39 Å². The summed E-state index contributed by atoms with van der Waals surface area (Å²) in [6.45, 7) is 17.9. The first-order valence-corrected chi connectivity index (χ1v) is 28.8. The second-order valence-electron chi connectivity index (χ2n) is 19.9. The smallest absolute Gasteiger partial charge is 0.268 e. The molecule has 1 N–H and O–H groups in total. The number of nitrogens with one attached hydrogen (secondary N) is 1. The zero-order valence-electron chi connectivity index (χ0n) is 39.2. The van der Waals surface area contributed by atoms with Crippen LogP contribution in [0.1, 0.15) is 61.9 Å². The molecule has 0 bridgehead atoms. The molecule has 0 radical (unpaired) electrons. The van der Waals surface area contributed by atoms with E-state index in [4.69, 9.17) is 30.5 Å². The van der Waals surface area contributed by atoms with Crippen LogP contribution >= 0.6 is 11.6 Å². The summed E-state index contributed by atoms with van der Waals surface area (Å²) < 4.78 is 70.0. The molecule has 2 fully saturated rings. The quantitative estimate of drug-likeness (QED) is 0.0704. The number of nitrogens with zero attached hydrogens (tertiary/aromatic N) is 5.